The van der Waals surface area contributed by atoms with Gasteiger partial charge in [-0.2, -0.15) is 0 Å². The molecule has 3 heteroatoms. The van der Waals surface area contributed by atoms with Crippen molar-refractivity contribution < 1.29 is 9.47 Å². The molecule has 164 valence electrons. The van der Waals surface area contributed by atoms with Gasteiger partial charge in [-0.25, -0.2) is 0 Å². The molecule has 0 radical (unpaired) electrons. The Kier molecular flexibility index (Phi) is 6.27. The molecule has 3 nitrogen and oxygen atoms in total. The zero-order valence-corrected chi connectivity index (χ0v) is 18.8. The topological polar surface area (TPSA) is 21.7 Å². The molecule has 0 spiro atoms. The maximum Gasteiger partial charge on any atom is 0.122 e. The SMILES string of the molecule is COc1cccc2c1CCC(c1ccccc1)=C2c1ccc(OCCN2CCCC2)cc1. The number of likely N-dealkylation sites (tertiary alicyclic amines) is 1. The smallest absolute Gasteiger partial charge is 0.122 e. The largest absolute Gasteiger partial charge is 0.496 e. The molecule has 3 aromatic rings. The van der Waals surface area contributed by atoms with Crippen molar-refractivity contribution in [3.8, 4) is 11.5 Å². The number of methoxy groups -OCH3 is 1. The Hall–Kier alpha value is -3.04. The molecule has 1 aliphatic heterocycles. The van der Waals surface area contributed by atoms with E-state index in [1.54, 1.807) is 7.11 Å². The predicted molar refractivity (Wildman–Crippen MR) is 131 cm³/mol. The molecule has 0 atom stereocenters. The highest BCUT2D eigenvalue weighted by molar-refractivity contribution is 6.01. The lowest BCUT2D eigenvalue weighted by Gasteiger charge is -2.26. The Morgan fingerprint density at radius 3 is 2.31 bits per heavy atom. The van der Waals surface area contributed by atoms with Crippen LogP contribution in [0.25, 0.3) is 11.1 Å². The molecule has 3 aromatic carbocycles. The van der Waals surface area contributed by atoms with Crippen molar-refractivity contribution in [2.75, 3.05) is 33.4 Å². The van der Waals surface area contributed by atoms with Gasteiger partial charge >= 0.3 is 0 Å². The summed E-state index contributed by atoms with van der Waals surface area (Å²) in [5.74, 6) is 1.92. The lowest BCUT2D eigenvalue weighted by Crippen LogP contribution is -2.25. The fourth-order valence-electron chi connectivity index (χ4n) is 5.06. The summed E-state index contributed by atoms with van der Waals surface area (Å²) in [6.07, 6.45) is 4.63. The van der Waals surface area contributed by atoms with Crippen LogP contribution in [0.3, 0.4) is 0 Å². The van der Waals surface area contributed by atoms with Gasteiger partial charge in [0.05, 0.1) is 7.11 Å². The van der Waals surface area contributed by atoms with E-state index in [2.05, 4.69) is 77.7 Å². The van der Waals surface area contributed by atoms with Crippen molar-refractivity contribution >= 4 is 11.1 Å². The molecule has 32 heavy (non-hydrogen) atoms. The number of fused-ring (bicyclic) bond motifs is 1. The minimum atomic E-state index is 0.747. The minimum Gasteiger partial charge on any atom is -0.496 e. The lowest BCUT2D eigenvalue weighted by molar-refractivity contribution is 0.238. The highest BCUT2D eigenvalue weighted by Gasteiger charge is 2.23. The first-order chi connectivity index (χ1) is 15.8. The Bertz CT molecular complexity index is 1080. The van der Waals surface area contributed by atoms with E-state index in [4.69, 9.17) is 9.47 Å². The lowest BCUT2D eigenvalue weighted by atomic mass is 9.79. The zero-order chi connectivity index (χ0) is 21.8. The molecule has 0 saturated carbocycles. The summed E-state index contributed by atoms with van der Waals surface area (Å²) in [7, 11) is 1.76. The molecule has 0 aromatic heterocycles. The molecule has 0 unspecified atom stereocenters. The molecule has 2 aliphatic rings. The first kappa shape index (κ1) is 20.8. The van der Waals surface area contributed by atoms with E-state index in [0.29, 0.717) is 0 Å². The van der Waals surface area contributed by atoms with Gasteiger partial charge in [-0.05, 0) is 84.8 Å². The molecule has 5 rings (SSSR count). The summed E-state index contributed by atoms with van der Waals surface area (Å²) in [6.45, 7) is 4.18. The van der Waals surface area contributed by atoms with Crippen LogP contribution < -0.4 is 9.47 Å². The fraction of sp³-hybridized carbons (Fsp3) is 0.310. The average molecular weight is 426 g/mol. The van der Waals surface area contributed by atoms with Gasteiger partial charge in [0.2, 0.25) is 0 Å². The Balaban J connectivity index is 1.46. The van der Waals surface area contributed by atoms with Gasteiger partial charge in [0.15, 0.2) is 0 Å². The highest BCUT2D eigenvalue weighted by atomic mass is 16.5. The van der Waals surface area contributed by atoms with E-state index < -0.39 is 0 Å². The van der Waals surface area contributed by atoms with Crippen molar-refractivity contribution in [3.63, 3.8) is 0 Å². The Morgan fingerprint density at radius 2 is 1.56 bits per heavy atom. The number of hydrogen-bond donors (Lipinski definition) is 0. The number of hydrogen-bond acceptors (Lipinski definition) is 3. The van der Waals surface area contributed by atoms with Crippen molar-refractivity contribution in [2.45, 2.75) is 25.7 Å². The average Bonchev–Trinajstić information content (AvgIpc) is 3.37. The van der Waals surface area contributed by atoms with Gasteiger partial charge in [-0.1, -0.05) is 54.6 Å². The van der Waals surface area contributed by atoms with Gasteiger partial charge in [0.25, 0.3) is 0 Å². The van der Waals surface area contributed by atoms with Crippen LogP contribution in [0.4, 0.5) is 0 Å². The third kappa shape index (κ3) is 4.31. The van der Waals surface area contributed by atoms with E-state index in [1.165, 1.54) is 59.3 Å². The third-order valence-electron chi connectivity index (χ3n) is 6.69. The Morgan fingerprint density at radius 1 is 0.781 bits per heavy atom. The van der Waals surface area contributed by atoms with Crippen LogP contribution in [0.2, 0.25) is 0 Å². The van der Waals surface area contributed by atoms with Crippen molar-refractivity contribution in [1.29, 1.82) is 0 Å². The second-order valence-corrected chi connectivity index (χ2v) is 8.63. The standard InChI is InChI=1S/C29H31NO2/c1-31-28-11-7-10-27-26(28)17-16-25(22-8-3-2-4-9-22)29(27)23-12-14-24(15-13-23)32-21-20-30-18-5-6-19-30/h2-4,7-15H,5-6,16-21H2,1H3. The molecular formula is C29H31NO2. The van der Waals surface area contributed by atoms with E-state index in [9.17, 15) is 0 Å². The molecule has 1 saturated heterocycles. The first-order valence-corrected chi connectivity index (χ1v) is 11.7. The molecular weight excluding hydrogens is 394 g/mol. The number of ether oxygens (including phenoxy) is 2. The number of nitrogens with zero attached hydrogens (tertiary/aromatic N) is 1. The van der Waals surface area contributed by atoms with Crippen molar-refractivity contribution in [3.05, 3.63) is 95.1 Å². The van der Waals surface area contributed by atoms with E-state index in [-0.39, 0.29) is 0 Å². The number of benzene rings is 3. The fourth-order valence-corrected chi connectivity index (χ4v) is 5.06. The van der Waals surface area contributed by atoms with Crippen molar-refractivity contribution in [1.82, 2.24) is 4.90 Å². The van der Waals surface area contributed by atoms with E-state index >= 15 is 0 Å². The maximum atomic E-state index is 6.05. The highest BCUT2D eigenvalue weighted by Crippen LogP contribution is 2.43. The minimum absolute atomic E-state index is 0.747. The predicted octanol–water partition coefficient (Wildman–Crippen LogP) is 6.08. The molecule has 0 N–H and O–H groups in total. The maximum absolute atomic E-state index is 6.05. The normalized spacial score (nSPS) is 16.2. The number of rotatable bonds is 7. The molecule has 1 heterocycles. The summed E-state index contributed by atoms with van der Waals surface area (Å²) in [5.41, 5.74) is 7.80. The van der Waals surface area contributed by atoms with Gasteiger partial charge in [-0.3, -0.25) is 4.90 Å². The van der Waals surface area contributed by atoms with Crippen LogP contribution in [-0.2, 0) is 6.42 Å². The van der Waals surface area contributed by atoms with Crippen LogP contribution in [-0.4, -0.2) is 38.3 Å². The van der Waals surface area contributed by atoms with Crippen LogP contribution in [0.5, 0.6) is 11.5 Å². The second kappa shape index (κ2) is 9.62. The van der Waals surface area contributed by atoms with Gasteiger partial charge in [0.1, 0.15) is 18.1 Å². The van der Waals surface area contributed by atoms with Gasteiger partial charge in [-0.15, -0.1) is 0 Å². The van der Waals surface area contributed by atoms with Crippen molar-refractivity contribution in [2.24, 2.45) is 0 Å². The van der Waals surface area contributed by atoms with Crippen LogP contribution in [0.1, 0.15) is 41.5 Å². The summed E-state index contributed by atoms with van der Waals surface area (Å²) < 4.78 is 11.7. The zero-order valence-electron chi connectivity index (χ0n) is 18.8. The van der Waals surface area contributed by atoms with Crippen LogP contribution >= 0.6 is 0 Å². The third-order valence-corrected chi connectivity index (χ3v) is 6.69. The van der Waals surface area contributed by atoms with E-state index in [0.717, 1.165) is 37.5 Å². The Labute approximate surface area is 191 Å². The van der Waals surface area contributed by atoms with Gasteiger partial charge in [0, 0.05) is 12.1 Å². The van der Waals surface area contributed by atoms with Crippen LogP contribution in [0, 0.1) is 0 Å². The van der Waals surface area contributed by atoms with Crippen LogP contribution in [0.15, 0.2) is 72.8 Å². The van der Waals surface area contributed by atoms with Gasteiger partial charge < -0.3 is 9.47 Å². The molecule has 1 fully saturated rings. The summed E-state index contributed by atoms with van der Waals surface area (Å²) in [5, 5.41) is 0. The molecule has 1 aliphatic carbocycles. The quantitative estimate of drug-likeness (QED) is 0.458. The summed E-state index contributed by atoms with van der Waals surface area (Å²) >= 11 is 0. The first-order valence-electron chi connectivity index (χ1n) is 11.7. The number of allylic oxidation sites excluding steroid dienone is 1. The molecule has 0 amide bonds. The summed E-state index contributed by atoms with van der Waals surface area (Å²) in [4.78, 5) is 2.48. The molecule has 0 bridgehead atoms. The monoisotopic (exact) mass is 425 g/mol. The summed E-state index contributed by atoms with van der Waals surface area (Å²) in [6, 6.07) is 25.8. The second-order valence-electron chi connectivity index (χ2n) is 8.63. The van der Waals surface area contributed by atoms with E-state index in [1.807, 2.05) is 0 Å².